The molecule has 1 aromatic heterocycles. The first-order valence-electron chi connectivity index (χ1n) is 4.81. The number of aromatic nitrogens is 2. The molecule has 8 heteroatoms. The maximum atomic E-state index is 11.5. The number of rotatable bonds is 6. The molecule has 0 aromatic carbocycles. The molecular weight excluding hydrogens is 226 g/mol. The molecule has 0 aliphatic carbocycles. The highest BCUT2D eigenvalue weighted by atomic mass is 16.5. The summed E-state index contributed by atoms with van der Waals surface area (Å²) >= 11 is 0. The van der Waals surface area contributed by atoms with Gasteiger partial charge in [-0.3, -0.25) is 14.6 Å². The van der Waals surface area contributed by atoms with Gasteiger partial charge in [-0.25, -0.2) is 4.98 Å². The van der Waals surface area contributed by atoms with Crippen LogP contribution in [0.5, 0.6) is 0 Å². The molecule has 0 radical (unpaired) electrons. The second kappa shape index (κ2) is 6.38. The van der Waals surface area contributed by atoms with E-state index >= 15 is 0 Å². The van der Waals surface area contributed by atoms with E-state index in [4.69, 9.17) is 16.2 Å². The molecule has 8 nitrogen and oxygen atoms in total. The topological polar surface area (TPSA) is 133 Å². The molecule has 1 heterocycles. The van der Waals surface area contributed by atoms with Crippen molar-refractivity contribution >= 4 is 17.6 Å². The highest BCUT2D eigenvalue weighted by molar-refractivity contribution is 5.92. The molecule has 0 spiro atoms. The van der Waals surface area contributed by atoms with Crippen LogP contribution in [0.1, 0.15) is 10.5 Å². The maximum absolute atomic E-state index is 11.5. The summed E-state index contributed by atoms with van der Waals surface area (Å²) in [7, 11) is 0. The number of hydrogen-bond acceptors (Lipinski definition) is 6. The number of amides is 2. The lowest BCUT2D eigenvalue weighted by Gasteiger charge is -2.04. The Labute approximate surface area is 97.4 Å². The maximum Gasteiger partial charge on any atom is 0.271 e. The van der Waals surface area contributed by atoms with E-state index in [1.807, 2.05) is 0 Å². The number of hydrogen-bond donors (Lipinski definition) is 3. The van der Waals surface area contributed by atoms with E-state index in [2.05, 4.69) is 15.3 Å². The molecular formula is C9H13N5O3. The summed E-state index contributed by atoms with van der Waals surface area (Å²) in [6.07, 6.45) is 2.64. The molecule has 92 valence electrons. The quantitative estimate of drug-likeness (QED) is 0.506. The molecule has 5 N–H and O–H groups in total. The van der Waals surface area contributed by atoms with Crippen LogP contribution in [0.3, 0.4) is 0 Å². The number of ether oxygens (including phenoxy) is 1. The Morgan fingerprint density at radius 1 is 1.41 bits per heavy atom. The fourth-order valence-corrected chi connectivity index (χ4v) is 0.991. The molecule has 0 saturated carbocycles. The number of nitrogens with one attached hydrogen (secondary N) is 1. The summed E-state index contributed by atoms with van der Waals surface area (Å²) in [4.78, 5) is 29.3. The van der Waals surface area contributed by atoms with E-state index in [1.54, 1.807) is 0 Å². The van der Waals surface area contributed by atoms with Crippen molar-refractivity contribution in [3.05, 3.63) is 18.1 Å². The zero-order valence-corrected chi connectivity index (χ0v) is 9.05. The zero-order valence-electron chi connectivity index (χ0n) is 9.05. The predicted octanol–water partition coefficient (Wildman–Crippen LogP) is -1.71. The minimum Gasteiger partial charge on any atom is -0.382 e. The zero-order chi connectivity index (χ0) is 12.7. The van der Waals surface area contributed by atoms with Crippen molar-refractivity contribution in [2.75, 3.05) is 25.5 Å². The van der Waals surface area contributed by atoms with Gasteiger partial charge in [0, 0.05) is 6.54 Å². The van der Waals surface area contributed by atoms with Gasteiger partial charge in [0.1, 0.15) is 18.1 Å². The first-order chi connectivity index (χ1) is 8.09. The lowest BCUT2D eigenvalue weighted by atomic mass is 10.4. The summed E-state index contributed by atoms with van der Waals surface area (Å²) in [5, 5.41) is 2.53. The molecule has 0 aliphatic heterocycles. The smallest absolute Gasteiger partial charge is 0.271 e. The third kappa shape index (κ3) is 4.89. The van der Waals surface area contributed by atoms with Crippen LogP contribution in [0.2, 0.25) is 0 Å². The van der Waals surface area contributed by atoms with Gasteiger partial charge in [0.05, 0.1) is 19.0 Å². The molecule has 17 heavy (non-hydrogen) atoms. The Hall–Kier alpha value is -2.22. The predicted molar refractivity (Wildman–Crippen MR) is 58.8 cm³/mol. The molecule has 0 saturated heterocycles. The van der Waals surface area contributed by atoms with E-state index in [1.165, 1.54) is 12.4 Å². The second-order valence-electron chi connectivity index (χ2n) is 3.10. The van der Waals surface area contributed by atoms with Crippen molar-refractivity contribution in [3.8, 4) is 0 Å². The summed E-state index contributed by atoms with van der Waals surface area (Å²) < 4.78 is 4.86. The molecule has 1 rings (SSSR count). The van der Waals surface area contributed by atoms with Gasteiger partial charge in [-0.15, -0.1) is 0 Å². The van der Waals surface area contributed by atoms with Gasteiger partial charge in [-0.1, -0.05) is 0 Å². The number of primary amides is 1. The van der Waals surface area contributed by atoms with Gasteiger partial charge in [0.15, 0.2) is 0 Å². The third-order valence-electron chi connectivity index (χ3n) is 1.66. The average molecular weight is 239 g/mol. The van der Waals surface area contributed by atoms with Crippen LogP contribution in [0, 0.1) is 0 Å². The van der Waals surface area contributed by atoms with Crippen LogP contribution in [-0.4, -0.2) is 41.5 Å². The molecule has 0 atom stereocenters. The van der Waals surface area contributed by atoms with Crippen LogP contribution < -0.4 is 16.8 Å². The minimum atomic E-state index is -0.557. The Bertz CT molecular complexity index is 409. The first-order valence-corrected chi connectivity index (χ1v) is 4.81. The van der Waals surface area contributed by atoms with Crippen molar-refractivity contribution < 1.29 is 14.3 Å². The Balaban J connectivity index is 2.28. The van der Waals surface area contributed by atoms with E-state index in [0.717, 1.165) is 0 Å². The van der Waals surface area contributed by atoms with E-state index in [0.29, 0.717) is 0 Å². The van der Waals surface area contributed by atoms with Crippen LogP contribution in [0.15, 0.2) is 12.4 Å². The van der Waals surface area contributed by atoms with Crippen LogP contribution in [0.4, 0.5) is 5.82 Å². The Kier molecular flexibility index (Phi) is 4.82. The van der Waals surface area contributed by atoms with E-state index in [-0.39, 0.29) is 31.3 Å². The van der Waals surface area contributed by atoms with Crippen molar-refractivity contribution in [3.63, 3.8) is 0 Å². The summed E-state index contributed by atoms with van der Waals surface area (Å²) in [5.74, 6) is -0.798. The van der Waals surface area contributed by atoms with E-state index < -0.39 is 11.8 Å². The van der Waals surface area contributed by atoms with Gasteiger partial charge in [0.25, 0.3) is 5.91 Å². The highest BCUT2D eigenvalue weighted by Gasteiger charge is 2.07. The molecule has 0 unspecified atom stereocenters. The molecule has 1 aromatic rings. The van der Waals surface area contributed by atoms with Gasteiger partial charge < -0.3 is 21.5 Å². The van der Waals surface area contributed by atoms with Crippen molar-refractivity contribution in [2.45, 2.75) is 0 Å². The summed E-state index contributed by atoms with van der Waals surface area (Å²) in [6, 6.07) is 0. The lowest BCUT2D eigenvalue weighted by molar-refractivity contribution is -0.122. The van der Waals surface area contributed by atoms with Gasteiger partial charge in [0.2, 0.25) is 5.91 Å². The Morgan fingerprint density at radius 3 is 2.82 bits per heavy atom. The number of carbonyl (C=O) groups is 2. The fraction of sp³-hybridized carbons (Fsp3) is 0.333. The first kappa shape index (κ1) is 12.8. The van der Waals surface area contributed by atoms with Crippen molar-refractivity contribution in [1.29, 1.82) is 0 Å². The second-order valence-corrected chi connectivity index (χ2v) is 3.10. The molecule has 0 aliphatic rings. The van der Waals surface area contributed by atoms with Gasteiger partial charge in [-0.2, -0.15) is 0 Å². The summed E-state index contributed by atoms with van der Waals surface area (Å²) in [6.45, 7) is 0.251. The number of carbonyl (C=O) groups excluding carboxylic acids is 2. The monoisotopic (exact) mass is 239 g/mol. The van der Waals surface area contributed by atoms with Gasteiger partial charge >= 0.3 is 0 Å². The van der Waals surface area contributed by atoms with Gasteiger partial charge in [-0.05, 0) is 0 Å². The lowest BCUT2D eigenvalue weighted by Crippen LogP contribution is -2.29. The SMILES string of the molecule is NC(=O)COCCNC(=O)c1cncc(N)n1. The van der Waals surface area contributed by atoms with Crippen LogP contribution in [0.25, 0.3) is 0 Å². The standard InChI is InChI=1S/C9H13N5O3/c10-7-4-12-3-6(14-7)9(16)13-1-2-17-5-8(11)15/h3-4H,1-2,5H2,(H2,10,14)(H2,11,15)(H,13,16). The number of nitrogens with two attached hydrogens (primary N) is 2. The fourth-order valence-electron chi connectivity index (χ4n) is 0.991. The normalized spacial score (nSPS) is 9.88. The minimum absolute atomic E-state index is 0.125. The van der Waals surface area contributed by atoms with Crippen molar-refractivity contribution in [1.82, 2.24) is 15.3 Å². The van der Waals surface area contributed by atoms with Crippen LogP contribution >= 0.6 is 0 Å². The number of nitrogens with zero attached hydrogens (tertiary/aromatic N) is 2. The third-order valence-corrected chi connectivity index (χ3v) is 1.66. The number of anilines is 1. The molecule has 2 amide bonds. The largest absolute Gasteiger partial charge is 0.382 e. The Morgan fingerprint density at radius 2 is 2.18 bits per heavy atom. The average Bonchev–Trinajstić information content (AvgIpc) is 2.28. The van der Waals surface area contributed by atoms with E-state index in [9.17, 15) is 9.59 Å². The van der Waals surface area contributed by atoms with Crippen molar-refractivity contribution in [2.24, 2.45) is 5.73 Å². The molecule has 0 fully saturated rings. The van der Waals surface area contributed by atoms with Crippen LogP contribution in [-0.2, 0) is 9.53 Å². The number of nitrogen functional groups attached to an aromatic ring is 1. The highest BCUT2D eigenvalue weighted by Crippen LogP contribution is 1.96. The molecule has 0 bridgehead atoms. The summed E-state index contributed by atoms with van der Waals surface area (Å²) in [5.41, 5.74) is 10.4.